The molecule has 0 saturated heterocycles. The maximum absolute atomic E-state index is 6.22. The van der Waals surface area contributed by atoms with E-state index in [0.29, 0.717) is 0 Å². The number of halogens is 1. The van der Waals surface area contributed by atoms with Crippen molar-refractivity contribution < 1.29 is 0 Å². The van der Waals surface area contributed by atoms with E-state index in [4.69, 9.17) is 16.6 Å². The first kappa shape index (κ1) is 21.0. The molecule has 160 valence electrons. The second-order valence-corrected chi connectivity index (χ2v) is 8.32. The Hall–Kier alpha value is -3.88. The summed E-state index contributed by atoms with van der Waals surface area (Å²) in [4.78, 5) is 4.97. The second kappa shape index (κ2) is 9.72. The van der Waals surface area contributed by atoms with E-state index in [-0.39, 0.29) is 0 Å². The monoisotopic (exact) mass is 446 g/mol. The van der Waals surface area contributed by atoms with Crippen LogP contribution in [0.2, 0.25) is 5.02 Å². The van der Waals surface area contributed by atoms with Crippen LogP contribution in [0.5, 0.6) is 0 Å². The standard InChI is InChI=1S/C30H23ClN2/c31-26-15-9-14-23(20-26)18-19-29-30(32-21-24-10-3-1-4-11-24)27-16-7-8-17-28(27)33(29)22-25-12-5-2-6-13-25/h1-21H,22H2/b19-18+,32-21?. The molecule has 5 aromatic rings. The third-order valence-corrected chi connectivity index (χ3v) is 5.83. The molecule has 0 bridgehead atoms. The van der Waals surface area contributed by atoms with Crippen LogP contribution in [0, 0.1) is 0 Å². The largest absolute Gasteiger partial charge is 0.335 e. The number of para-hydroxylation sites is 1. The summed E-state index contributed by atoms with van der Waals surface area (Å²) in [7, 11) is 0. The lowest BCUT2D eigenvalue weighted by molar-refractivity contribution is 0.828. The maximum atomic E-state index is 6.22. The van der Waals surface area contributed by atoms with Gasteiger partial charge in [0.2, 0.25) is 0 Å². The molecule has 1 aromatic heterocycles. The average molecular weight is 447 g/mol. The molecule has 1 heterocycles. The van der Waals surface area contributed by atoms with Gasteiger partial charge in [0.05, 0.1) is 16.9 Å². The van der Waals surface area contributed by atoms with Gasteiger partial charge in [0, 0.05) is 23.2 Å². The molecule has 0 aliphatic rings. The van der Waals surface area contributed by atoms with Gasteiger partial charge in [-0.3, -0.25) is 4.99 Å². The molecule has 0 atom stereocenters. The highest BCUT2D eigenvalue weighted by molar-refractivity contribution is 6.30. The Morgan fingerprint density at radius 2 is 1.39 bits per heavy atom. The summed E-state index contributed by atoms with van der Waals surface area (Å²) in [6.45, 7) is 0.761. The minimum Gasteiger partial charge on any atom is -0.335 e. The first-order valence-electron chi connectivity index (χ1n) is 11.0. The normalized spacial score (nSPS) is 11.7. The molecule has 0 aliphatic carbocycles. The van der Waals surface area contributed by atoms with Crippen molar-refractivity contribution in [2.75, 3.05) is 0 Å². The zero-order chi connectivity index (χ0) is 22.5. The highest BCUT2D eigenvalue weighted by Crippen LogP contribution is 2.35. The van der Waals surface area contributed by atoms with Gasteiger partial charge in [-0.05, 0) is 41.0 Å². The number of rotatable bonds is 6. The average Bonchev–Trinajstić information content (AvgIpc) is 3.15. The molecule has 0 spiro atoms. The molecule has 0 unspecified atom stereocenters. The fourth-order valence-corrected chi connectivity index (χ4v) is 4.21. The lowest BCUT2D eigenvalue weighted by Gasteiger charge is -2.09. The molecule has 2 nitrogen and oxygen atoms in total. The quantitative estimate of drug-likeness (QED) is 0.233. The summed E-state index contributed by atoms with van der Waals surface area (Å²) in [5.74, 6) is 0. The van der Waals surface area contributed by atoms with Gasteiger partial charge in [0.15, 0.2) is 0 Å². The van der Waals surface area contributed by atoms with Gasteiger partial charge in [-0.1, -0.05) is 109 Å². The third kappa shape index (κ3) is 4.82. The van der Waals surface area contributed by atoms with Crippen molar-refractivity contribution in [3.05, 3.63) is 137 Å². The minimum absolute atomic E-state index is 0.726. The number of aliphatic imine (C=N–C) groups is 1. The van der Waals surface area contributed by atoms with Crippen molar-refractivity contribution in [2.24, 2.45) is 4.99 Å². The van der Waals surface area contributed by atoms with E-state index in [0.717, 1.165) is 45.0 Å². The van der Waals surface area contributed by atoms with Gasteiger partial charge in [0.1, 0.15) is 0 Å². The van der Waals surface area contributed by atoms with Gasteiger partial charge < -0.3 is 4.57 Å². The van der Waals surface area contributed by atoms with Gasteiger partial charge in [-0.15, -0.1) is 0 Å². The van der Waals surface area contributed by atoms with Crippen LogP contribution in [0.25, 0.3) is 23.1 Å². The molecule has 0 N–H and O–H groups in total. The molecular weight excluding hydrogens is 424 g/mol. The smallest absolute Gasteiger partial charge is 0.0960 e. The minimum atomic E-state index is 0.726. The number of benzene rings is 4. The zero-order valence-electron chi connectivity index (χ0n) is 18.1. The van der Waals surface area contributed by atoms with Crippen LogP contribution < -0.4 is 0 Å². The Morgan fingerprint density at radius 3 is 2.18 bits per heavy atom. The van der Waals surface area contributed by atoms with Crippen LogP contribution in [0.3, 0.4) is 0 Å². The molecule has 0 amide bonds. The van der Waals surface area contributed by atoms with Gasteiger partial charge in [0.25, 0.3) is 0 Å². The zero-order valence-corrected chi connectivity index (χ0v) is 18.9. The van der Waals surface area contributed by atoms with Crippen LogP contribution >= 0.6 is 11.6 Å². The van der Waals surface area contributed by atoms with Crippen molar-refractivity contribution in [2.45, 2.75) is 6.54 Å². The summed E-state index contributed by atoms with van der Waals surface area (Å²) < 4.78 is 2.34. The number of aromatic nitrogens is 1. The summed E-state index contributed by atoms with van der Waals surface area (Å²) >= 11 is 6.22. The van der Waals surface area contributed by atoms with E-state index in [2.05, 4.69) is 83.4 Å². The van der Waals surface area contributed by atoms with E-state index in [1.54, 1.807) is 0 Å². The summed E-state index contributed by atoms with van der Waals surface area (Å²) in [6.07, 6.45) is 6.18. The number of hydrogen-bond acceptors (Lipinski definition) is 1. The van der Waals surface area contributed by atoms with E-state index in [9.17, 15) is 0 Å². The second-order valence-electron chi connectivity index (χ2n) is 7.88. The first-order valence-corrected chi connectivity index (χ1v) is 11.3. The van der Waals surface area contributed by atoms with Crippen LogP contribution in [0.4, 0.5) is 5.69 Å². The Morgan fingerprint density at radius 1 is 0.697 bits per heavy atom. The molecule has 0 radical (unpaired) electrons. The fraction of sp³-hybridized carbons (Fsp3) is 0.0333. The van der Waals surface area contributed by atoms with Crippen molar-refractivity contribution in [3.63, 3.8) is 0 Å². The highest BCUT2D eigenvalue weighted by atomic mass is 35.5. The summed E-state index contributed by atoms with van der Waals surface area (Å²) in [5.41, 5.74) is 6.55. The van der Waals surface area contributed by atoms with Crippen molar-refractivity contribution in [3.8, 4) is 0 Å². The van der Waals surface area contributed by atoms with Gasteiger partial charge >= 0.3 is 0 Å². The van der Waals surface area contributed by atoms with E-state index in [1.165, 1.54) is 5.56 Å². The molecule has 4 aromatic carbocycles. The lowest BCUT2D eigenvalue weighted by atomic mass is 10.1. The Balaban J connectivity index is 1.67. The van der Waals surface area contributed by atoms with Crippen LogP contribution in [-0.4, -0.2) is 10.8 Å². The molecule has 3 heteroatoms. The predicted molar refractivity (Wildman–Crippen MR) is 142 cm³/mol. The molecule has 0 fully saturated rings. The lowest BCUT2D eigenvalue weighted by Crippen LogP contribution is -2.01. The topological polar surface area (TPSA) is 17.3 Å². The Kier molecular flexibility index (Phi) is 6.19. The fourth-order valence-electron chi connectivity index (χ4n) is 4.01. The van der Waals surface area contributed by atoms with Crippen molar-refractivity contribution in [1.82, 2.24) is 4.57 Å². The summed E-state index contributed by atoms with van der Waals surface area (Å²) in [5, 5.41) is 1.86. The van der Waals surface area contributed by atoms with Gasteiger partial charge in [-0.2, -0.15) is 0 Å². The van der Waals surface area contributed by atoms with Crippen LogP contribution in [-0.2, 0) is 6.54 Å². The summed E-state index contributed by atoms with van der Waals surface area (Å²) in [6, 6.07) is 37.1. The molecule has 0 aliphatic heterocycles. The van der Waals surface area contributed by atoms with Crippen molar-refractivity contribution in [1.29, 1.82) is 0 Å². The Labute approximate surface area is 199 Å². The molecule has 33 heavy (non-hydrogen) atoms. The molecule has 0 saturated carbocycles. The highest BCUT2D eigenvalue weighted by Gasteiger charge is 2.15. The molecule has 5 rings (SSSR count). The number of fused-ring (bicyclic) bond motifs is 1. The third-order valence-electron chi connectivity index (χ3n) is 5.59. The van der Waals surface area contributed by atoms with Gasteiger partial charge in [-0.25, -0.2) is 0 Å². The number of nitrogens with zero attached hydrogens (tertiary/aromatic N) is 2. The van der Waals surface area contributed by atoms with Crippen molar-refractivity contribution >= 4 is 46.6 Å². The number of hydrogen-bond donors (Lipinski definition) is 0. The Bertz CT molecular complexity index is 1430. The van der Waals surface area contributed by atoms with E-state index >= 15 is 0 Å². The van der Waals surface area contributed by atoms with E-state index < -0.39 is 0 Å². The SMILES string of the molecule is Clc1cccc(/C=C/c2c(N=Cc3ccccc3)c3ccccc3n2Cc2ccccc2)c1. The van der Waals surface area contributed by atoms with Crippen LogP contribution in [0.15, 0.2) is 114 Å². The first-order chi connectivity index (χ1) is 16.3. The molecular formula is C30H23ClN2. The maximum Gasteiger partial charge on any atom is 0.0960 e. The van der Waals surface area contributed by atoms with Crippen LogP contribution in [0.1, 0.15) is 22.4 Å². The predicted octanol–water partition coefficient (Wildman–Crippen LogP) is 8.26. The van der Waals surface area contributed by atoms with E-state index in [1.807, 2.05) is 48.7 Å².